The third-order valence-electron chi connectivity index (χ3n) is 5.98. The van der Waals surface area contributed by atoms with Gasteiger partial charge in [-0.2, -0.15) is 18.4 Å². The molecule has 0 spiro atoms. The number of benzene rings is 2. The maximum Gasteiger partial charge on any atom is 0.417 e. The van der Waals surface area contributed by atoms with E-state index in [0.29, 0.717) is 17.2 Å². The Morgan fingerprint density at radius 2 is 1.73 bits per heavy atom. The molecule has 0 aliphatic heterocycles. The van der Waals surface area contributed by atoms with E-state index in [1.54, 1.807) is 24.3 Å². The van der Waals surface area contributed by atoms with Crippen LogP contribution in [0.2, 0.25) is 0 Å². The Hall–Kier alpha value is -2.83. The molecule has 0 amide bonds. The van der Waals surface area contributed by atoms with Crippen molar-refractivity contribution in [2.45, 2.75) is 49.3 Å². The summed E-state index contributed by atoms with van der Waals surface area (Å²) in [4.78, 5) is -1.12. The van der Waals surface area contributed by atoms with Crippen LogP contribution in [0.1, 0.15) is 49.3 Å². The Morgan fingerprint density at radius 3 is 2.27 bits per heavy atom. The number of tetrazole rings is 1. The number of nitrogens with one attached hydrogen (secondary N) is 1. The zero-order valence-corrected chi connectivity index (χ0v) is 18.2. The molecule has 12 heteroatoms. The van der Waals surface area contributed by atoms with E-state index < -0.39 is 38.3 Å². The van der Waals surface area contributed by atoms with E-state index in [0.717, 1.165) is 38.2 Å². The molecule has 8 nitrogen and oxygen atoms in total. The fraction of sp³-hybridized carbons (Fsp3) is 0.381. The highest BCUT2D eigenvalue weighted by atomic mass is 32.2. The highest BCUT2D eigenvalue weighted by Gasteiger charge is 2.39. The van der Waals surface area contributed by atoms with E-state index in [2.05, 4.69) is 20.6 Å². The molecule has 0 bridgehead atoms. The molecule has 1 saturated carbocycles. The topological polar surface area (TPSA) is 135 Å². The van der Waals surface area contributed by atoms with Crippen LogP contribution in [-0.4, -0.2) is 34.1 Å². The van der Waals surface area contributed by atoms with Crippen LogP contribution in [-0.2, 0) is 16.2 Å². The molecule has 1 aromatic heterocycles. The molecule has 1 atom stereocenters. The summed E-state index contributed by atoms with van der Waals surface area (Å²) in [5.74, 6) is -0.189. The molecule has 2 aromatic carbocycles. The molecule has 3 aromatic rings. The third kappa shape index (κ3) is 4.77. The van der Waals surface area contributed by atoms with Gasteiger partial charge in [0, 0.05) is 0 Å². The summed E-state index contributed by atoms with van der Waals surface area (Å²) in [7, 11) is -4.82. The van der Waals surface area contributed by atoms with E-state index in [-0.39, 0.29) is 17.3 Å². The number of sulfonamides is 1. The van der Waals surface area contributed by atoms with Gasteiger partial charge in [0.15, 0.2) is 0 Å². The maximum absolute atomic E-state index is 13.6. The van der Waals surface area contributed by atoms with Crippen molar-refractivity contribution in [2.24, 2.45) is 11.1 Å². The number of alkyl halides is 3. The first kappa shape index (κ1) is 23.3. The lowest BCUT2D eigenvalue weighted by Crippen LogP contribution is -2.21. The number of rotatable bonds is 5. The van der Waals surface area contributed by atoms with Gasteiger partial charge in [0.1, 0.15) is 4.90 Å². The van der Waals surface area contributed by atoms with Crippen molar-refractivity contribution in [3.05, 3.63) is 47.5 Å². The molecule has 0 radical (unpaired) electrons. The number of nitrogens with zero attached hydrogens (tertiary/aromatic N) is 3. The molecule has 1 heterocycles. The van der Waals surface area contributed by atoms with Gasteiger partial charge in [-0.3, -0.25) is 0 Å². The number of primary sulfonamides is 1. The van der Waals surface area contributed by atoms with Crippen LogP contribution in [0.3, 0.4) is 0 Å². The predicted molar refractivity (Wildman–Crippen MR) is 113 cm³/mol. The molecule has 1 aliphatic rings. The summed E-state index contributed by atoms with van der Waals surface area (Å²) < 4.78 is 65.5. The first-order chi connectivity index (χ1) is 15.6. The Balaban J connectivity index is 1.84. The van der Waals surface area contributed by atoms with Crippen LogP contribution < -0.4 is 5.14 Å². The normalized spacial score (nSPS) is 16.6. The van der Waals surface area contributed by atoms with Crippen LogP contribution >= 0.6 is 0 Å². The fourth-order valence-corrected chi connectivity index (χ4v) is 5.39. The van der Waals surface area contributed by atoms with Crippen molar-refractivity contribution >= 4 is 10.0 Å². The summed E-state index contributed by atoms with van der Waals surface area (Å²) in [5, 5.41) is 28.8. The van der Waals surface area contributed by atoms with E-state index in [1.165, 1.54) is 0 Å². The smallest absolute Gasteiger partial charge is 0.388 e. The van der Waals surface area contributed by atoms with Crippen molar-refractivity contribution in [2.75, 3.05) is 0 Å². The standard InChI is InChI=1S/C21H22F3N5O3S/c22-21(23,24)16-11-10-15(17(19(16)33(25,31)32)20-26-28-29-27-20)12-6-8-14(9-7-12)18(30)13-4-2-1-3-5-13/h6-11,13,18,30H,1-5H2,(H2,25,31,32)(H,26,27,28,29). The molecular formula is C21H22F3N5O3S. The number of halogens is 3. The second-order valence-corrected chi connectivity index (χ2v) is 9.61. The Kier molecular flexibility index (Phi) is 6.25. The minimum absolute atomic E-state index is 0.132. The molecule has 176 valence electrons. The lowest BCUT2D eigenvalue weighted by Gasteiger charge is -2.27. The second kappa shape index (κ2) is 8.84. The molecule has 0 saturated heterocycles. The molecule has 1 fully saturated rings. The van der Waals surface area contributed by atoms with Gasteiger partial charge >= 0.3 is 6.18 Å². The SMILES string of the molecule is NS(=O)(=O)c1c(C(F)(F)F)ccc(-c2ccc(C(O)C3CCCCC3)cc2)c1-c1nn[nH]n1. The van der Waals surface area contributed by atoms with E-state index >= 15 is 0 Å². The summed E-state index contributed by atoms with van der Waals surface area (Å²) in [6.07, 6.45) is -0.480. The van der Waals surface area contributed by atoms with E-state index in [4.69, 9.17) is 5.14 Å². The minimum atomic E-state index is -4.98. The highest BCUT2D eigenvalue weighted by molar-refractivity contribution is 7.89. The van der Waals surface area contributed by atoms with Crippen molar-refractivity contribution in [1.29, 1.82) is 0 Å². The number of nitrogens with two attached hydrogens (primary N) is 1. The summed E-state index contributed by atoms with van der Waals surface area (Å²) in [6.45, 7) is 0. The molecule has 1 unspecified atom stereocenters. The zero-order chi connectivity index (χ0) is 23.8. The third-order valence-corrected chi connectivity index (χ3v) is 6.97. The summed E-state index contributed by atoms with van der Waals surface area (Å²) in [6, 6.07) is 8.41. The predicted octanol–water partition coefficient (Wildman–Crippen LogP) is 3.81. The van der Waals surface area contributed by atoms with Gasteiger partial charge in [0.2, 0.25) is 15.8 Å². The highest BCUT2D eigenvalue weighted by Crippen LogP contribution is 2.43. The van der Waals surface area contributed by atoms with Crippen molar-refractivity contribution in [1.82, 2.24) is 20.6 Å². The number of aromatic nitrogens is 4. The fourth-order valence-electron chi connectivity index (χ4n) is 4.41. The Bertz CT molecular complexity index is 1220. The lowest BCUT2D eigenvalue weighted by atomic mass is 9.82. The van der Waals surface area contributed by atoms with Gasteiger partial charge in [-0.05, 0) is 46.7 Å². The Labute approximate surface area is 188 Å². The largest absolute Gasteiger partial charge is 0.417 e. The number of aliphatic hydroxyl groups excluding tert-OH is 1. The summed E-state index contributed by atoms with van der Waals surface area (Å²) in [5.41, 5.74) is -0.593. The monoisotopic (exact) mass is 481 g/mol. The van der Waals surface area contributed by atoms with Crippen LogP contribution in [0.5, 0.6) is 0 Å². The van der Waals surface area contributed by atoms with E-state index in [1.807, 2.05) is 0 Å². The van der Waals surface area contributed by atoms with Crippen LogP contribution in [0.25, 0.3) is 22.5 Å². The Morgan fingerprint density at radius 1 is 1.06 bits per heavy atom. The maximum atomic E-state index is 13.6. The second-order valence-electron chi connectivity index (χ2n) is 8.11. The number of aromatic amines is 1. The van der Waals surface area contributed by atoms with Crippen molar-refractivity contribution in [3.63, 3.8) is 0 Å². The van der Waals surface area contributed by atoms with Crippen LogP contribution in [0.4, 0.5) is 13.2 Å². The molecular weight excluding hydrogens is 459 g/mol. The number of H-pyrrole nitrogens is 1. The molecule has 1 aliphatic carbocycles. The number of hydrogen-bond donors (Lipinski definition) is 3. The number of hydrogen-bond acceptors (Lipinski definition) is 6. The molecule has 33 heavy (non-hydrogen) atoms. The zero-order valence-electron chi connectivity index (χ0n) is 17.4. The van der Waals surface area contributed by atoms with E-state index in [9.17, 15) is 26.7 Å². The van der Waals surface area contributed by atoms with Gasteiger partial charge < -0.3 is 5.11 Å². The van der Waals surface area contributed by atoms with Crippen molar-refractivity contribution < 1.29 is 26.7 Å². The minimum Gasteiger partial charge on any atom is -0.388 e. The molecule has 4 N–H and O–H groups in total. The van der Waals surface area contributed by atoms with Gasteiger partial charge in [0.05, 0.1) is 17.2 Å². The van der Waals surface area contributed by atoms with Gasteiger partial charge in [-0.1, -0.05) is 49.6 Å². The average Bonchev–Trinajstić information content (AvgIpc) is 3.32. The molecule has 4 rings (SSSR count). The first-order valence-corrected chi connectivity index (χ1v) is 11.9. The summed E-state index contributed by atoms with van der Waals surface area (Å²) >= 11 is 0. The first-order valence-electron chi connectivity index (χ1n) is 10.4. The van der Waals surface area contributed by atoms with Gasteiger partial charge in [0.25, 0.3) is 0 Å². The number of aliphatic hydroxyl groups is 1. The van der Waals surface area contributed by atoms with Crippen LogP contribution in [0, 0.1) is 5.92 Å². The van der Waals surface area contributed by atoms with Crippen LogP contribution in [0.15, 0.2) is 41.3 Å². The van der Waals surface area contributed by atoms with Crippen molar-refractivity contribution in [3.8, 4) is 22.5 Å². The average molecular weight is 482 g/mol. The quantitative estimate of drug-likeness (QED) is 0.507. The van der Waals surface area contributed by atoms with Gasteiger partial charge in [-0.25, -0.2) is 13.6 Å². The lowest BCUT2D eigenvalue weighted by molar-refractivity contribution is -0.139. The van der Waals surface area contributed by atoms with Gasteiger partial charge in [-0.15, -0.1) is 10.2 Å².